The molecule has 6 heteroatoms. The number of aliphatic hydroxyl groups excluding tert-OH is 2. The van der Waals surface area contributed by atoms with E-state index in [-0.39, 0.29) is 25.7 Å². The average Bonchev–Trinajstić information content (AvgIpc) is 2.91. The Balaban J connectivity index is 1.99. The van der Waals surface area contributed by atoms with Crippen molar-refractivity contribution >= 4 is 33.5 Å². The van der Waals surface area contributed by atoms with E-state index in [9.17, 15) is 9.90 Å². The van der Waals surface area contributed by atoms with Gasteiger partial charge in [-0.25, -0.2) is 0 Å². The van der Waals surface area contributed by atoms with Crippen LogP contribution in [0.4, 0.5) is 5.69 Å². The van der Waals surface area contributed by atoms with E-state index in [0.717, 1.165) is 27.5 Å². The molecule has 2 aromatic carbocycles. The second-order valence-electron chi connectivity index (χ2n) is 7.64. The van der Waals surface area contributed by atoms with Crippen molar-refractivity contribution in [2.75, 3.05) is 18.5 Å². The molecule has 0 amide bonds. The Morgan fingerprint density at radius 3 is 2.56 bits per heavy atom. The molecule has 0 saturated heterocycles. The molecule has 1 aromatic heterocycles. The van der Waals surface area contributed by atoms with E-state index in [1.54, 1.807) is 0 Å². The zero-order chi connectivity index (χ0) is 19.6. The molecule has 0 radical (unpaired) electrons. The summed E-state index contributed by atoms with van der Waals surface area (Å²) in [5.74, 6) is -0.279. The van der Waals surface area contributed by atoms with Gasteiger partial charge >= 0.3 is 5.97 Å². The van der Waals surface area contributed by atoms with Crippen LogP contribution in [-0.4, -0.2) is 45.6 Å². The number of para-hydroxylation sites is 1. The number of esters is 1. The van der Waals surface area contributed by atoms with Gasteiger partial charge in [0, 0.05) is 34.0 Å². The predicted molar refractivity (Wildman–Crippen MR) is 107 cm³/mol. The largest absolute Gasteiger partial charge is 0.459 e. The highest BCUT2D eigenvalue weighted by Crippen LogP contribution is 2.31. The van der Waals surface area contributed by atoms with Crippen molar-refractivity contribution in [3.8, 4) is 0 Å². The second kappa shape index (κ2) is 7.58. The molecule has 3 rings (SSSR count). The molecule has 1 atom stereocenters. The molecule has 27 heavy (non-hydrogen) atoms. The number of nitrogens with zero attached hydrogens (tertiary/aromatic N) is 1. The van der Waals surface area contributed by atoms with E-state index in [2.05, 4.69) is 5.32 Å². The standard InChI is InChI=1S/C21H26N2O4/c1-21(2,3)27-20(26)12-23-18-7-5-4-6-16(18)17-10-14(8-9-19(17)23)22-11-15(25)13-24/h4-10,15,22,24-25H,11-13H2,1-3H3. The summed E-state index contributed by atoms with van der Waals surface area (Å²) in [7, 11) is 0. The lowest BCUT2D eigenvalue weighted by molar-refractivity contribution is -0.155. The SMILES string of the molecule is CC(C)(C)OC(=O)Cn1c2ccccc2c2cc(NCC(O)CO)ccc21. The number of carbonyl (C=O) groups is 1. The van der Waals surface area contributed by atoms with Gasteiger partial charge in [0.15, 0.2) is 0 Å². The van der Waals surface area contributed by atoms with Crippen molar-refractivity contribution in [2.24, 2.45) is 0 Å². The quantitative estimate of drug-likeness (QED) is 0.581. The monoisotopic (exact) mass is 370 g/mol. The number of ether oxygens (including phenoxy) is 1. The molecular formula is C21H26N2O4. The second-order valence-corrected chi connectivity index (χ2v) is 7.64. The summed E-state index contributed by atoms with van der Waals surface area (Å²) in [6.45, 7) is 5.68. The van der Waals surface area contributed by atoms with E-state index in [4.69, 9.17) is 9.84 Å². The van der Waals surface area contributed by atoms with Gasteiger partial charge in [-0.2, -0.15) is 0 Å². The first-order valence-corrected chi connectivity index (χ1v) is 9.04. The van der Waals surface area contributed by atoms with E-state index in [1.165, 1.54) is 0 Å². The van der Waals surface area contributed by atoms with Crippen LogP contribution in [0.2, 0.25) is 0 Å². The maximum absolute atomic E-state index is 12.4. The lowest BCUT2D eigenvalue weighted by atomic mass is 10.1. The molecule has 0 fully saturated rings. The first kappa shape index (κ1) is 19.2. The number of nitrogens with one attached hydrogen (secondary N) is 1. The number of fused-ring (bicyclic) bond motifs is 3. The van der Waals surface area contributed by atoms with Crippen LogP contribution < -0.4 is 5.32 Å². The van der Waals surface area contributed by atoms with Crippen molar-refractivity contribution in [3.63, 3.8) is 0 Å². The summed E-state index contributed by atoms with van der Waals surface area (Å²) in [4.78, 5) is 12.4. The summed E-state index contributed by atoms with van der Waals surface area (Å²) >= 11 is 0. The third kappa shape index (κ3) is 4.40. The summed E-state index contributed by atoms with van der Waals surface area (Å²) in [5, 5.41) is 23.7. The first-order chi connectivity index (χ1) is 12.8. The van der Waals surface area contributed by atoms with Crippen LogP contribution in [0.1, 0.15) is 20.8 Å². The summed E-state index contributed by atoms with van der Waals surface area (Å²) in [5.41, 5.74) is 2.22. The van der Waals surface area contributed by atoms with Crippen LogP contribution in [0, 0.1) is 0 Å². The number of anilines is 1. The first-order valence-electron chi connectivity index (χ1n) is 9.04. The molecule has 3 N–H and O–H groups in total. The van der Waals surface area contributed by atoms with Gasteiger partial charge in [0.1, 0.15) is 12.1 Å². The number of carbonyl (C=O) groups excluding carboxylic acids is 1. The molecule has 1 heterocycles. The van der Waals surface area contributed by atoms with E-state index >= 15 is 0 Å². The third-order valence-corrected chi connectivity index (χ3v) is 4.23. The van der Waals surface area contributed by atoms with Crippen molar-refractivity contribution in [1.29, 1.82) is 0 Å². The van der Waals surface area contributed by atoms with Gasteiger partial charge in [0.05, 0.1) is 12.7 Å². The minimum absolute atomic E-state index is 0.136. The van der Waals surface area contributed by atoms with Gasteiger partial charge in [-0.1, -0.05) is 18.2 Å². The fourth-order valence-electron chi connectivity index (χ4n) is 3.14. The van der Waals surface area contributed by atoms with Gasteiger partial charge in [0.2, 0.25) is 0 Å². The molecule has 0 aliphatic carbocycles. The number of benzene rings is 2. The maximum Gasteiger partial charge on any atom is 0.326 e. The summed E-state index contributed by atoms with van der Waals surface area (Å²) < 4.78 is 7.45. The Kier molecular flexibility index (Phi) is 5.39. The zero-order valence-corrected chi connectivity index (χ0v) is 15.9. The van der Waals surface area contributed by atoms with Gasteiger partial charge in [-0.3, -0.25) is 4.79 Å². The van der Waals surface area contributed by atoms with Gasteiger partial charge in [-0.15, -0.1) is 0 Å². The number of hydrogen-bond acceptors (Lipinski definition) is 5. The van der Waals surface area contributed by atoms with Crippen LogP contribution >= 0.6 is 0 Å². The van der Waals surface area contributed by atoms with E-state index in [1.807, 2.05) is 67.8 Å². The highest BCUT2D eigenvalue weighted by molar-refractivity contribution is 6.09. The summed E-state index contributed by atoms with van der Waals surface area (Å²) in [6.07, 6.45) is -0.811. The highest BCUT2D eigenvalue weighted by Gasteiger charge is 2.19. The third-order valence-electron chi connectivity index (χ3n) is 4.23. The Bertz CT molecular complexity index is 956. The lowest BCUT2D eigenvalue weighted by Crippen LogP contribution is -2.26. The molecule has 144 valence electrons. The molecular weight excluding hydrogens is 344 g/mol. The van der Waals surface area contributed by atoms with Crippen LogP contribution in [0.25, 0.3) is 21.8 Å². The Labute approximate surface area is 158 Å². The summed E-state index contributed by atoms with van der Waals surface area (Å²) in [6, 6.07) is 13.8. The van der Waals surface area contributed by atoms with Crippen LogP contribution in [0.5, 0.6) is 0 Å². The molecule has 0 aliphatic heterocycles. The number of rotatable bonds is 6. The molecule has 0 saturated carbocycles. The average molecular weight is 370 g/mol. The van der Waals surface area contributed by atoms with Crippen molar-refractivity contribution < 1.29 is 19.7 Å². The molecule has 1 unspecified atom stereocenters. The van der Waals surface area contributed by atoms with Crippen molar-refractivity contribution in [2.45, 2.75) is 39.0 Å². The van der Waals surface area contributed by atoms with Gasteiger partial charge < -0.3 is 24.8 Å². The molecule has 0 spiro atoms. The van der Waals surface area contributed by atoms with Crippen LogP contribution in [0.15, 0.2) is 42.5 Å². The topological polar surface area (TPSA) is 83.7 Å². The van der Waals surface area contributed by atoms with Crippen molar-refractivity contribution in [1.82, 2.24) is 4.57 Å². The van der Waals surface area contributed by atoms with Gasteiger partial charge in [-0.05, 0) is 45.0 Å². The van der Waals surface area contributed by atoms with Crippen LogP contribution in [0.3, 0.4) is 0 Å². The number of hydrogen-bond donors (Lipinski definition) is 3. The Morgan fingerprint density at radius 2 is 1.85 bits per heavy atom. The number of aromatic nitrogens is 1. The normalized spacial score (nSPS) is 13.1. The lowest BCUT2D eigenvalue weighted by Gasteiger charge is -2.20. The fraction of sp³-hybridized carbons (Fsp3) is 0.381. The maximum atomic E-state index is 12.4. The predicted octanol–water partition coefficient (Wildman–Crippen LogP) is 2.90. The van der Waals surface area contributed by atoms with E-state index < -0.39 is 11.7 Å². The molecule has 3 aromatic rings. The molecule has 0 bridgehead atoms. The molecule has 6 nitrogen and oxygen atoms in total. The smallest absolute Gasteiger partial charge is 0.326 e. The number of aliphatic hydroxyl groups is 2. The van der Waals surface area contributed by atoms with Gasteiger partial charge in [0.25, 0.3) is 0 Å². The minimum atomic E-state index is -0.811. The van der Waals surface area contributed by atoms with Crippen molar-refractivity contribution in [3.05, 3.63) is 42.5 Å². The zero-order valence-electron chi connectivity index (χ0n) is 15.9. The molecule has 0 aliphatic rings. The van der Waals surface area contributed by atoms with Crippen LogP contribution in [-0.2, 0) is 16.1 Å². The Hall–Kier alpha value is -2.57. The fourth-order valence-corrected chi connectivity index (χ4v) is 3.14. The van der Waals surface area contributed by atoms with E-state index in [0.29, 0.717) is 0 Å². The minimum Gasteiger partial charge on any atom is -0.459 e. The Morgan fingerprint density at radius 1 is 1.15 bits per heavy atom. The highest BCUT2D eigenvalue weighted by atomic mass is 16.6.